The number of rotatable bonds is 8. The molecule has 0 aliphatic rings. The van der Waals surface area contributed by atoms with Gasteiger partial charge in [-0.3, -0.25) is 0 Å². The molecule has 0 unspecified atom stereocenters. The second-order valence-corrected chi connectivity index (χ2v) is 22.0. The minimum atomic E-state index is -3.32. The van der Waals surface area contributed by atoms with Crippen LogP contribution in [0.4, 0.5) is 0 Å². The van der Waals surface area contributed by atoms with Gasteiger partial charge in [-0.1, -0.05) is 0 Å². The van der Waals surface area contributed by atoms with Crippen LogP contribution in [0.15, 0.2) is 30.3 Å². The fourth-order valence-corrected chi connectivity index (χ4v) is 10.1. The Morgan fingerprint density at radius 2 is 1.77 bits per heavy atom. The van der Waals surface area contributed by atoms with E-state index in [1.807, 2.05) is 30.3 Å². The van der Waals surface area contributed by atoms with Gasteiger partial charge in [-0.2, -0.15) is 0 Å². The van der Waals surface area contributed by atoms with Crippen molar-refractivity contribution in [2.75, 3.05) is 6.61 Å². The van der Waals surface area contributed by atoms with Crippen molar-refractivity contribution in [1.82, 2.24) is 0 Å². The Morgan fingerprint density at radius 1 is 1.14 bits per heavy atom. The molecule has 0 aliphatic heterocycles. The molecule has 1 atom stereocenters. The number of carbonyl (C=O) groups excluding carboxylic acids is 2. The molecule has 0 amide bonds. The summed E-state index contributed by atoms with van der Waals surface area (Å²) in [5.41, 5.74) is 0. The van der Waals surface area contributed by atoms with E-state index in [2.05, 4.69) is 0 Å². The van der Waals surface area contributed by atoms with Gasteiger partial charge in [0.25, 0.3) is 0 Å². The zero-order valence-electron chi connectivity index (χ0n) is 12.7. The third-order valence-corrected chi connectivity index (χ3v) is 14.6. The molecule has 0 fully saturated rings. The summed E-state index contributed by atoms with van der Waals surface area (Å²) in [6, 6.07) is 9.69. The van der Waals surface area contributed by atoms with Crippen LogP contribution in [0.3, 0.4) is 0 Å². The van der Waals surface area contributed by atoms with Crippen LogP contribution in [0.2, 0.25) is 4.44 Å². The molecule has 122 valence electrons. The monoisotopic (exact) mass is 454 g/mol. The normalized spacial score (nSPS) is 12.5. The number of ether oxygens (including phenoxy) is 2. The first-order valence-corrected chi connectivity index (χ1v) is 17.7. The van der Waals surface area contributed by atoms with Crippen molar-refractivity contribution in [2.24, 2.45) is 0 Å². The molecule has 0 heterocycles. The third kappa shape index (κ3) is 7.70. The van der Waals surface area contributed by atoms with Crippen LogP contribution in [-0.2, 0) is 19.1 Å². The first-order valence-electron chi connectivity index (χ1n) is 7.05. The molecule has 0 saturated heterocycles. The van der Waals surface area contributed by atoms with Gasteiger partial charge in [-0.25, -0.2) is 0 Å². The average Bonchev–Trinajstić information content (AvgIpc) is 2.45. The second kappa shape index (κ2) is 9.63. The predicted molar refractivity (Wildman–Crippen MR) is 89.8 cm³/mol. The Labute approximate surface area is 142 Å². The summed E-state index contributed by atoms with van der Waals surface area (Å²) in [6.45, 7) is 2.71. The average molecular weight is 454 g/mol. The SMILES string of the molecule is CC(=O)OC[C@@H](CC[CH2][Sn]([Cl])([Cl])[c]1ccccc1)OC(C)=O. The Kier molecular flexibility index (Phi) is 8.57. The summed E-state index contributed by atoms with van der Waals surface area (Å²) in [5.74, 6) is -0.795. The molecular weight excluding hydrogens is 434 g/mol. The standard InChI is InChI=1S/C9H15O4.C6H5.2ClH.Sn/c1-4-5-9(13-8(3)11)6-12-7(2)10;1-2-4-6-5-3-1;;;/h9H,1,4-6H2,2-3H3;1-5H;2*1H;/q;;;;+2/p-2/t9-;;;;/m1..../s1. The van der Waals surface area contributed by atoms with Gasteiger partial charge in [-0.15, -0.1) is 0 Å². The fraction of sp³-hybridized carbons (Fsp3) is 0.467. The number of esters is 2. The summed E-state index contributed by atoms with van der Waals surface area (Å²) in [4.78, 5) is 21.9. The van der Waals surface area contributed by atoms with Crippen LogP contribution in [0.5, 0.6) is 0 Å². The number of benzene rings is 1. The minimum absolute atomic E-state index is 0.0628. The van der Waals surface area contributed by atoms with Crippen LogP contribution in [0, 0.1) is 0 Å². The Morgan fingerprint density at radius 3 is 2.32 bits per heavy atom. The van der Waals surface area contributed by atoms with Crippen molar-refractivity contribution in [1.29, 1.82) is 0 Å². The first-order chi connectivity index (χ1) is 10.3. The van der Waals surface area contributed by atoms with Crippen molar-refractivity contribution in [3.63, 3.8) is 0 Å². The maximum atomic E-state index is 11.1. The molecule has 0 N–H and O–H groups in total. The van der Waals surface area contributed by atoms with Crippen LogP contribution < -0.4 is 3.58 Å². The molecule has 0 bridgehead atoms. The molecule has 0 saturated carbocycles. The molecule has 1 aromatic rings. The zero-order valence-corrected chi connectivity index (χ0v) is 17.0. The van der Waals surface area contributed by atoms with E-state index in [0.717, 1.165) is 10.0 Å². The Balaban J connectivity index is 2.50. The quantitative estimate of drug-likeness (QED) is 0.448. The third-order valence-electron chi connectivity index (χ3n) is 3.02. The van der Waals surface area contributed by atoms with E-state index >= 15 is 0 Å². The van der Waals surface area contributed by atoms with Crippen molar-refractivity contribution < 1.29 is 19.1 Å². The molecular formula is C15H20Cl2O4Sn. The molecule has 0 spiro atoms. The van der Waals surface area contributed by atoms with Gasteiger partial charge in [0, 0.05) is 0 Å². The summed E-state index contributed by atoms with van der Waals surface area (Å²) >= 11 is -3.32. The molecule has 1 aromatic carbocycles. The molecule has 7 heteroatoms. The summed E-state index contributed by atoms with van der Waals surface area (Å²) < 4.78 is 11.8. The number of carbonyl (C=O) groups is 2. The second-order valence-electron chi connectivity index (χ2n) is 5.00. The predicted octanol–water partition coefficient (Wildman–Crippen LogP) is 3.09. The summed E-state index contributed by atoms with van der Waals surface area (Å²) in [5, 5.41) is 0. The summed E-state index contributed by atoms with van der Waals surface area (Å²) in [7, 11) is 13.1. The van der Waals surface area contributed by atoms with Gasteiger partial charge >= 0.3 is 143 Å². The van der Waals surface area contributed by atoms with E-state index in [0.29, 0.717) is 10.9 Å². The first kappa shape index (κ1) is 19.6. The van der Waals surface area contributed by atoms with Crippen molar-refractivity contribution in [2.45, 2.75) is 37.2 Å². The molecule has 1 rings (SSSR count). The Bertz CT molecular complexity index is 494. The van der Waals surface area contributed by atoms with Gasteiger partial charge in [-0.05, 0) is 0 Å². The Hall–Kier alpha value is -0.461. The zero-order chi connectivity index (χ0) is 16.6. The summed E-state index contributed by atoms with van der Waals surface area (Å²) in [6.07, 6.45) is 0.835. The molecule has 0 radical (unpaired) electrons. The van der Waals surface area contributed by atoms with Crippen molar-refractivity contribution in [3.05, 3.63) is 30.3 Å². The molecule has 0 aromatic heterocycles. The van der Waals surface area contributed by atoms with Gasteiger partial charge in [0.15, 0.2) is 0 Å². The molecule has 0 aliphatic carbocycles. The topological polar surface area (TPSA) is 52.6 Å². The number of hydrogen-bond acceptors (Lipinski definition) is 4. The van der Waals surface area contributed by atoms with E-state index < -0.39 is 34.2 Å². The number of hydrogen-bond donors (Lipinski definition) is 0. The van der Waals surface area contributed by atoms with Crippen molar-refractivity contribution in [3.8, 4) is 0 Å². The van der Waals surface area contributed by atoms with E-state index in [4.69, 9.17) is 27.3 Å². The van der Waals surface area contributed by atoms with Gasteiger partial charge in [0.1, 0.15) is 0 Å². The van der Waals surface area contributed by atoms with E-state index in [9.17, 15) is 9.59 Å². The van der Waals surface area contributed by atoms with Gasteiger partial charge in [0.05, 0.1) is 0 Å². The van der Waals surface area contributed by atoms with Gasteiger partial charge < -0.3 is 0 Å². The molecule has 22 heavy (non-hydrogen) atoms. The molecule has 4 nitrogen and oxygen atoms in total. The van der Waals surface area contributed by atoms with Crippen LogP contribution in [0.25, 0.3) is 0 Å². The van der Waals surface area contributed by atoms with Crippen LogP contribution >= 0.6 is 17.8 Å². The van der Waals surface area contributed by atoms with E-state index in [1.54, 1.807) is 0 Å². The van der Waals surface area contributed by atoms with Crippen molar-refractivity contribution >= 4 is 49.5 Å². The van der Waals surface area contributed by atoms with Crippen LogP contribution in [-0.4, -0.2) is 40.8 Å². The van der Waals surface area contributed by atoms with E-state index in [-0.39, 0.29) is 6.61 Å². The van der Waals surface area contributed by atoms with Gasteiger partial charge in [0.2, 0.25) is 0 Å². The fourth-order valence-electron chi connectivity index (χ4n) is 2.00. The van der Waals surface area contributed by atoms with Crippen LogP contribution in [0.1, 0.15) is 26.7 Å². The number of halogens is 2. The van der Waals surface area contributed by atoms with E-state index in [1.165, 1.54) is 13.8 Å². The maximum absolute atomic E-state index is 11.1.